The smallest absolute Gasteiger partial charge is 0.305 e. The summed E-state index contributed by atoms with van der Waals surface area (Å²) in [4.78, 5) is 13.2. The topological polar surface area (TPSA) is 49.8 Å². The number of aliphatic hydroxyl groups excluding tert-OH is 1. The van der Waals surface area contributed by atoms with Crippen LogP contribution in [0, 0.1) is 17.5 Å². The van der Waals surface area contributed by atoms with Gasteiger partial charge in [0.15, 0.2) is 0 Å². The van der Waals surface area contributed by atoms with E-state index in [1.807, 2.05) is 6.92 Å². The molecule has 1 N–H and O–H groups in total. The Bertz CT molecular complexity index is 768. The Morgan fingerprint density at radius 1 is 1.07 bits per heavy atom. The standard InChI is InChI=1S/C21H24F3NO3/c1-2-3-21(27)28-14-19(26)13-25(11-15-4-7-17(22)8-5-15)12-16-6-9-18(23)10-20(16)24/h4-10,19,26H,2-3,11-14H2,1H3/t19-/m0/s1. The van der Waals surface area contributed by atoms with Crippen molar-refractivity contribution in [2.24, 2.45) is 0 Å². The SMILES string of the molecule is CCCC(=O)OC[C@@H](O)CN(Cc1ccc(F)cc1)Cc1ccc(F)cc1F. The van der Waals surface area contributed by atoms with Gasteiger partial charge in [0.1, 0.15) is 30.2 Å². The Morgan fingerprint density at radius 3 is 2.39 bits per heavy atom. The molecule has 0 heterocycles. The Kier molecular flexibility index (Phi) is 8.47. The number of halogens is 3. The minimum atomic E-state index is -0.982. The number of ether oxygens (including phenoxy) is 1. The van der Waals surface area contributed by atoms with E-state index in [2.05, 4.69) is 0 Å². The van der Waals surface area contributed by atoms with Crippen LogP contribution in [-0.2, 0) is 22.6 Å². The maximum absolute atomic E-state index is 14.0. The van der Waals surface area contributed by atoms with E-state index in [0.29, 0.717) is 13.0 Å². The number of aliphatic hydroxyl groups is 1. The average Bonchev–Trinajstić information content (AvgIpc) is 2.64. The number of carbonyl (C=O) groups excluding carboxylic acids is 1. The van der Waals surface area contributed by atoms with Crippen LogP contribution in [0.25, 0.3) is 0 Å². The Hall–Kier alpha value is -2.38. The highest BCUT2D eigenvalue weighted by Crippen LogP contribution is 2.15. The zero-order valence-corrected chi connectivity index (χ0v) is 15.7. The Balaban J connectivity index is 2.06. The summed E-state index contributed by atoms with van der Waals surface area (Å²) in [7, 11) is 0. The molecule has 2 rings (SSSR count). The van der Waals surface area contributed by atoms with Crippen molar-refractivity contribution in [2.45, 2.75) is 39.0 Å². The number of rotatable bonds is 10. The largest absolute Gasteiger partial charge is 0.463 e. The van der Waals surface area contributed by atoms with Gasteiger partial charge in [-0.3, -0.25) is 9.69 Å². The van der Waals surface area contributed by atoms with E-state index in [-0.39, 0.29) is 37.5 Å². The first-order valence-corrected chi connectivity index (χ1v) is 9.11. The lowest BCUT2D eigenvalue weighted by Crippen LogP contribution is -2.35. The van der Waals surface area contributed by atoms with E-state index in [1.54, 1.807) is 17.0 Å². The van der Waals surface area contributed by atoms with Crippen molar-refractivity contribution in [2.75, 3.05) is 13.2 Å². The fourth-order valence-electron chi connectivity index (χ4n) is 2.74. The summed E-state index contributed by atoms with van der Waals surface area (Å²) in [6.45, 7) is 2.16. The van der Waals surface area contributed by atoms with Crippen LogP contribution in [0.4, 0.5) is 13.2 Å². The quantitative estimate of drug-likeness (QED) is 0.622. The number of nitrogens with zero attached hydrogens (tertiary/aromatic N) is 1. The molecule has 0 radical (unpaired) electrons. The molecule has 7 heteroatoms. The molecule has 0 saturated heterocycles. The average molecular weight is 395 g/mol. The van der Waals surface area contributed by atoms with Crippen LogP contribution in [0.2, 0.25) is 0 Å². The maximum Gasteiger partial charge on any atom is 0.305 e. The molecule has 152 valence electrons. The van der Waals surface area contributed by atoms with Gasteiger partial charge in [-0.2, -0.15) is 0 Å². The second kappa shape index (κ2) is 10.8. The zero-order valence-electron chi connectivity index (χ0n) is 15.7. The Labute approximate surface area is 162 Å². The summed E-state index contributed by atoms with van der Waals surface area (Å²) in [6.07, 6.45) is -0.0628. The van der Waals surface area contributed by atoms with E-state index in [1.165, 1.54) is 18.2 Å². The molecular formula is C21H24F3NO3. The van der Waals surface area contributed by atoms with Crippen LogP contribution < -0.4 is 0 Å². The van der Waals surface area contributed by atoms with Crippen molar-refractivity contribution in [1.29, 1.82) is 0 Å². The minimum Gasteiger partial charge on any atom is -0.463 e. The lowest BCUT2D eigenvalue weighted by molar-refractivity contribution is -0.147. The first-order chi connectivity index (χ1) is 13.4. The molecule has 2 aromatic carbocycles. The van der Waals surface area contributed by atoms with Crippen LogP contribution in [0.3, 0.4) is 0 Å². The van der Waals surface area contributed by atoms with Crippen molar-refractivity contribution < 1.29 is 27.8 Å². The molecule has 2 aromatic rings. The number of benzene rings is 2. The van der Waals surface area contributed by atoms with Gasteiger partial charge in [0.2, 0.25) is 0 Å². The van der Waals surface area contributed by atoms with E-state index in [4.69, 9.17) is 4.74 Å². The molecule has 28 heavy (non-hydrogen) atoms. The summed E-state index contributed by atoms with van der Waals surface area (Å²) in [6, 6.07) is 9.12. The number of hydrogen-bond acceptors (Lipinski definition) is 4. The van der Waals surface area contributed by atoms with E-state index < -0.39 is 23.7 Å². The van der Waals surface area contributed by atoms with Crippen molar-refractivity contribution in [3.8, 4) is 0 Å². The van der Waals surface area contributed by atoms with Gasteiger partial charge in [-0.05, 0) is 30.2 Å². The van der Waals surface area contributed by atoms with Crippen LogP contribution in [0.1, 0.15) is 30.9 Å². The normalized spacial score (nSPS) is 12.2. The fraction of sp³-hybridized carbons (Fsp3) is 0.381. The molecule has 0 aliphatic heterocycles. The molecule has 0 saturated carbocycles. The molecule has 0 bridgehead atoms. The molecule has 0 spiro atoms. The summed E-state index contributed by atoms with van der Waals surface area (Å²) in [5, 5.41) is 10.2. The summed E-state index contributed by atoms with van der Waals surface area (Å²) >= 11 is 0. The van der Waals surface area contributed by atoms with Gasteiger partial charge in [-0.15, -0.1) is 0 Å². The van der Waals surface area contributed by atoms with Crippen LogP contribution in [-0.4, -0.2) is 35.2 Å². The van der Waals surface area contributed by atoms with Crippen molar-refractivity contribution >= 4 is 5.97 Å². The molecule has 1 atom stereocenters. The van der Waals surface area contributed by atoms with Gasteiger partial charge in [0.25, 0.3) is 0 Å². The maximum atomic E-state index is 14.0. The number of carbonyl (C=O) groups is 1. The van der Waals surface area contributed by atoms with Gasteiger partial charge in [0, 0.05) is 37.7 Å². The first kappa shape index (κ1) is 21.9. The van der Waals surface area contributed by atoms with Gasteiger partial charge < -0.3 is 9.84 Å². The highest BCUT2D eigenvalue weighted by molar-refractivity contribution is 5.69. The van der Waals surface area contributed by atoms with E-state index in [9.17, 15) is 23.1 Å². The zero-order chi connectivity index (χ0) is 20.5. The predicted octanol–water partition coefficient (Wildman–Crippen LogP) is 3.81. The third kappa shape index (κ3) is 7.32. The van der Waals surface area contributed by atoms with Gasteiger partial charge in [-0.1, -0.05) is 25.1 Å². The van der Waals surface area contributed by atoms with Gasteiger partial charge in [0.05, 0.1) is 0 Å². The molecular weight excluding hydrogens is 371 g/mol. The lowest BCUT2D eigenvalue weighted by atomic mass is 10.1. The summed E-state index contributed by atoms with van der Waals surface area (Å²) in [5.74, 6) is -2.12. The third-order valence-corrected chi connectivity index (χ3v) is 4.09. The summed E-state index contributed by atoms with van der Waals surface area (Å²) < 4.78 is 45.3. The molecule has 0 aliphatic rings. The molecule has 0 aromatic heterocycles. The van der Waals surface area contributed by atoms with Gasteiger partial charge in [-0.25, -0.2) is 13.2 Å². The van der Waals surface area contributed by atoms with Crippen molar-refractivity contribution in [3.05, 3.63) is 71.0 Å². The second-order valence-electron chi connectivity index (χ2n) is 6.62. The number of esters is 1. The lowest BCUT2D eigenvalue weighted by Gasteiger charge is -2.25. The van der Waals surface area contributed by atoms with E-state index >= 15 is 0 Å². The van der Waals surface area contributed by atoms with Crippen LogP contribution in [0.15, 0.2) is 42.5 Å². The van der Waals surface area contributed by atoms with E-state index in [0.717, 1.165) is 17.7 Å². The van der Waals surface area contributed by atoms with Gasteiger partial charge >= 0.3 is 5.97 Å². The van der Waals surface area contributed by atoms with Crippen LogP contribution >= 0.6 is 0 Å². The molecule has 4 nitrogen and oxygen atoms in total. The minimum absolute atomic E-state index is 0.0909. The van der Waals surface area contributed by atoms with Crippen LogP contribution in [0.5, 0.6) is 0 Å². The van der Waals surface area contributed by atoms with Crippen molar-refractivity contribution in [3.63, 3.8) is 0 Å². The number of hydrogen-bond donors (Lipinski definition) is 1. The Morgan fingerprint density at radius 2 is 1.75 bits per heavy atom. The molecule has 0 amide bonds. The predicted molar refractivity (Wildman–Crippen MR) is 98.7 cm³/mol. The molecule has 0 aliphatic carbocycles. The highest BCUT2D eigenvalue weighted by Gasteiger charge is 2.17. The monoisotopic (exact) mass is 395 g/mol. The van der Waals surface area contributed by atoms with Crippen molar-refractivity contribution in [1.82, 2.24) is 4.90 Å². The first-order valence-electron chi connectivity index (χ1n) is 9.11. The fourth-order valence-corrected chi connectivity index (χ4v) is 2.74. The molecule has 0 unspecified atom stereocenters. The molecule has 0 fully saturated rings. The summed E-state index contributed by atoms with van der Waals surface area (Å²) in [5.41, 5.74) is 1.03. The highest BCUT2D eigenvalue weighted by atomic mass is 19.1. The second-order valence-corrected chi connectivity index (χ2v) is 6.62. The third-order valence-electron chi connectivity index (χ3n) is 4.09.